The van der Waals surface area contributed by atoms with Crippen LogP contribution in [0.3, 0.4) is 0 Å². The van der Waals surface area contributed by atoms with Crippen LogP contribution in [0.2, 0.25) is 0 Å². The lowest BCUT2D eigenvalue weighted by Crippen LogP contribution is -2.12. The molecular formula is C13H22O. The van der Waals surface area contributed by atoms with Gasteiger partial charge < -0.3 is 4.74 Å². The number of rotatable bonds is 2. The van der Waals surface area contributed by atoms with Gasteiger partial charge in [-0.15, -0.1) is 0 Å². The van der Waals surface area contributed by atoms with Crippen LogP contribution in [0.1, 0.15) is 52.9 Å². The van der Waals surface area contributed by atoms with E-state index in [4.69, 9.17) is 4.74 Å². The Hall–Kier alpha value is -0.640. The van der Waals surface area contributed by atoms with Gasteiger partial charge in [0.05, 0.1) is 0 Å². The van der Waals surface area contributed by atoms with E-state index in [-0.39, 0.29) is 5.41 Å². The van der Waals surface area contributed by atoms with Crippen molar-refractivity contribution < 1.29 is 4.74 Å². The maximum Gasteiger partial charge on any atom is 0.110 e. The highest BCUT2D eigenvalue weighted by atomic mass is 16.5. The van der Waals surface area contributed by atoms with Crippen molar-refractivity contribution in [3.8, 4) is 12.0 Å². The van der Waals surface area contributed by atoms with Gasteiger partial charge in [0.25, 0.3) is 0 Å². The van der Waals surface area contributed by atoms with Crippen LogP contribution in [0.5, 0.6) is 0 Å². The summed E-state index contributed by atoms with van der Waals surface area (Å²) < 4.78 is 5.39. The molecule has 0 radical (unpaired) electrons. The van der Waals surface area contributed by atoms with E-state index in [9.17, 15) is 0 Å². The fourth-order valence-electron chi connectivity index (χ4n) is 1.70. The minimum absolute atomic E-state index is 0.0621. The average molecular weight is 194 g/mol. The van der Waals surface area contributed by atoms with Crippen LogP contribution < -0.4 is 0 Å². The van der Waals surface area contributed by atoms with Crippen molar-refractivity contribution in [3.05, 3.63) is 0 Å². The fourth-order valence-corrected chi connectivity index (χ4v) is 1.70. The molecule has 1 nitrogen and oxygen atoms in total. The van der Waals surface area contributed by atoms with Gasteiger partial charge in [-0.3, -0.25) is 0 Å². The third-order valence-corrected chi connectivity index (χ3v) is 2.54. The SMILES string of the molecule is CC(C)(C)C#COCC1CCCCC1. The van der Waals surface area contributed by atoms with E-state index in [2.05, 4.69) is 32.8 Å². The summed E-state index contributed by atoms with van der Waals surface area (Å²) in [4.78, 5) is 0. The van der Waals surface area contributed by atoms with Crippen LogP contribution >= 0.6 is 0 Å². The fraction of sp³-hybridized carbons (Fsp3) is 0.846. The van der Waals surface area contributed by atoms with Crippen LogP contribution in [0.25, 0.3) is 0 Å². The van der Waals surface area contributed by atoms with Gasteiger partial charge in [-0.05, 0) is 39.5 Å². The first-order valence-electron chi connectivity index (χ1n) is 5.72. The van der Waals surface area contributed by atoms with E-state index >= 15 is 0 Å². The van der Waals surface area contributed by atoms with Crippen LogP contribution in [0.4, 0.5) is 0 Å². The van der Waals surface area contributed by atoms with Gasteiger partial charge in [0.2, 0.25) is 0 Å². The first-order valence-corrected chi connectivity index (χ1v) is 5.72. The van der Waals surface area contributed by atoms with Gasteiger partial charge in [-0.2, -0.15) is 0 Å². The quantitative estimate of drug-likeness (QED) is 0.610. The van der Waals surface area contributed by atoms with Crippen molar-refractivity contribution >= 4 is 0 Å². The van der Waals surface area contributed by atoms with Crippen LogP contribution in [-0.2, 0) is 4.74 Å². The predicted molar refractivity (Wildman–Crippen MR) is 59.8 cm³/mol. The van der Waals surface area contributed by atoms with Crippen molar-refractivity contribution in [3.63, 3.8) is 0 Å². The largest absolute Gasteiger partial charge is 0.446 e. The van der Waals surface area contributed by atoms with E-state index in [0.717, 1.165) is 12.5 Å². The molecule has 0 aromatic rings. The Kier molecular flexibility index (Phi) is 4.32. The molecule has 0 saturated heterocycles. The molecule has 0 aromatic carbocycles. The van der Waals surface area contributed by atoms with Crippen molar-refractivity contribution in [2.45, 2.75) is 52.9 Å². The number of ether oxygens (including phenoxy) is 1. The van der Waals surface area contributed by atoms with Gasteiger partial charge in [-0.25, -0.2) is 0 Å². The molecule has 0 aliphatic heterocycles. The molecule has 14 heavy (non-hydrogen) atoms. The predicted octanol–water partition coefficient (Wildman–Crippen LogP) is 3.59. The third kappa shape index (κ3) is 5.17. The molecule has 0 aromatic heterocycles. The molecule has 1 aliphatic carbocycles. The summed E-state index contributed by atoms with van der Waals surface area (Å²) in [6.45, 7) is 7.14. The van der Waals surface area contributed by atoms with Gasteiger partial charge in [0.1, 0.15) is 12.7 Å². The van der Waals surface area contributed by atoms with Crippen molar-refractivity contribution in [2.24, 2.45) is 11.3 Å². The molecule has 1 fully saturated rings. The smallest absolute Gasteiger partial charge is 0.110 e. The summed E-state index contributed by atoms with van der Waals surface area (Å²) in [5.74, 6) is 3.85. The number of hydrogen-bond donors (Lipinski definition) is 0. The molecule has 1 saturated carbocycles. The van der Waals surface area contributed by atoms with Crippen LogP contribution in [0.15, 0.2) is 0 Å². The molecule has 0 amide bonds. The highest BCUT2D eigenvalue weighted by Gasteiger charge is 2.13. The average Bonchev–Trinajstić information content (AvgIpc) is 2.13. The molecule has 80 valence electrons. The lowest BCUT2D eigenvalue weighted by Gasteiger charge is -2.19. The number of hydrogen-bond acceptors (Lipinski definition) is 1. The Morgan fingerprint density at radius 2 is 1.79 bits per heavy atom. The van der Waals surface area contributed by atoms with Gasteiger partial charge in [0.15, 0.2) is 0 Å². The molecule has 1 rings (SSSR count). The molecule has 0 heterocycles. The normalized spacial score (nSPS) is 18.5. The third-order valence-electron chi connectivity index (χ3n) is 2.54. The second-order valence-electron chi connectivity index (χ2n) is 5.29. The van der Waals surface area contributed by atoms with E-state index in [1.54, 1.807) is 0 Å². The zero-order chi connectivity index (χ0) is 10.4. The Morgan fingerprint density at radius 3 is 2.36 bits per heavy atom. The lowest BCUT2D eigenvalue weighted by atomic mass is 9.90. The van der Waals surface area contributed by atoms with E-state index < -0.39 is 0 Å². The Balaban J connectivity index is 2.16. The van der Waals surface area contributed by atoms with E-state index in [0.29, 0.717) is 0 Å². The summed E-state index contributed by atoms with van der Waals surface area (Å²) >= 11 is 0. The first kappa shape index (κ1) is 11.4. The Labute approximate surface area is 88.2 Å². The molecular weight excluding hydrogens is 172 g/mol. The zero-order valence-corrected chi connectivity index (χ0v) is 9.73. The minimum atomic E-state index is 0.0621. The standard InChI is InChI=1S/C13H22O/c1-13(2,3)9-10-14-11-12-7-5-4-6-8-12/h12H,4-8,11H2,1-3H3. The lowest BCUT2D eigenvalue weighted by molar-refractivity contribution is 0.182. The second-order valence-corrected chi connectivity index (χ2v) is 5.29. The molecule has 0 N–H and O–H groups in total. The van der Waals surface area contributed by atoms with Gasteiger partial charge in [-0.1, -0.05) is 25.2 Å². The summed E-state index contributed by atoms with van der Waals surface area (Å²) in [6, 6.07) is 0. The monoisotopic (exact) mass is 194 g/mol. The topological polar surface area (TPSA) is 9.23 Å². The van der Waals surface area contributed by atoms with Crippen LogP contribution in [0, 0.1) is 23.4 Å². The van der Waals surface area contributed by atoms with E-state index in [1.807, 2.05) is 0 Å². The van der Waals surface area contributed by atoms with Crippen molar-refractivity contribution in [1.82, 2.24) is 0 Å². The molecule has 0 atom stereocenters. The minimum Gasteiger partial charge on any atom is -0.446 e. The molecule has 1 aliphatic rings. The second kappa shape index (κ2) is 5.29. The summed E-state index contributed by atoms with van der Waals surface area (Å²) in [5.41, 5.74) is 0.0621. The maximum atomic E-state index is 5.39. The zero-order valence-electron chi connectivity index (χ0n) is 9.73. The maximum absolute atomic E-state index is 5.39. The highest BCUT2D eigenvalue weighted by Crippen LogP contribution is 2.23. The molecule has 1 heteroatoms. The Bertz CT molecular complexity index is 208. The first-order chi connectivity index (χ1) is 6.58. The molecule has 0 spiro atoms. The van der Waals surface area contributed by atoms with Gasteiger partial charge in [0, 0.05) is 5.41 Å². The van der Waals surface area contributed by atoms with E-state index in [1.165, 1.54) is 32.1 Å². The molecule has 0 bridgehead atoms. The summed E-state index contributed by atoms with van der Waals surface area (Å²) in [5, 5.41) is 0. The van der Waals surface area contributed by atoms with Crippen LogP contribution in [-0.4, -0.2) is 6.61 Å². The summed E-state index contributed by atoms with van der Waals surface area (Å²) in [7, 11) is 0. The Morgan fingerprint density at radius 1 is 1.14 bits per heavy atom. The van der Waals surface area contributed by atoms with Crippen molar-refractivity contribution in [1.29, 1.82) is 0 Å². The van der Waals surface area contributed by atoms with Crippen molar-refractivity contribution in [2.75, 3.05) is 6.61 Å². The molecule has 0 unspecified atom stereocenters. The summed E-state index contributed by atoms with van der Waals surface area (Å²) in [6.07, 6.45) is 9.64. The van der Waals surface area contributed by atoms with Gasteiger partial charge >= 0.3 is 0 Å². The highest BCUT2D eigenvalue weighted by molar-refractivity contribution is 5.02.